The van der Waals surface area contributed by atoms with Gasteiger partial charge in [0.2, 0.25) is 15.9 Å². The van der Waals surface area contributed by atoms with Crippen molar-refractivity contribution in [3.8, 4) is 5.75 Å². The molecule has 1 amide bonds. The van der Waals surface area contributed by atoms with Crippen LogP contribution >= 0.6 is 11.6 Å². The van der Waals surface area contributed by atoms with Gasteiger partial charge in [0, 0.05) is 18.8 Å². The van der Waals surface area contributed by atoms with E-state index in [4.69, 9.17) is 16.3 Å². The van der Waals surface area contributed by atoms with Crippen LogP contribution in [0.5, 0.6) is 5.75 Å². The van der Waals surface area contributed by atoms with E-state index in [0.717, 1.165) is 16.8 Å². The number of amides is 1. The number of ether oxygens (including phenoxy) is 1. The van der Waals surface area contributed by atoms with Gasteiger partial charge in [-0.3, -0.25) is 4.79 Å². The average molecular weight is 451 g/mol. The van der Waals surface area contributed by atoms with Crippen LogP contribution < -0.4 is 10.1 Å². The standard InChI is InChI=1S/C22H27ClN2O4S/c1-4-29-21-8-7-19(13-20(21)23)30(27,28)25-9-5-6-17(14-25)22(26)24-18-11-15(2)10-16(3)12-18/h7-8,10-13,17H,4-6,9,14H2,1-3H3,(H,24,26)/t17-/m1/s1. The van der Waals surface area contributed by atoms with Gasteiger partial charge in [-0.05, 0) is 75.1 Å². The number of carbonyl (C=O) groups excluding carboxylic acids is 1. The van der Waals surface area contributed by atoms with Crippen LogP contribution in [0.15, 0.2) is 41.3 Å². The van der Waals surface area contributed by atoms with Gasteiger partial charge >= 0.3 is 0 Å². The highest BCUT2D eigenvalue weighted by atomic mass is 35.5. The highest BCUT2D eigenvalue weighted by Gasteiger charge is 2.33. The summed E-state index contributed by atoms with van der Waals surface area (Å²) in [5.74, 6) is -0.125. The zero-order valence-corrected chi connectivity index (χ0v) is 19.0. The van der Waals surface area contributed by atoms with Crippen LogP contribution in [0, 0.1) is 19.8 Å². The Morgan fingerprint density at radius 2 is 1.90 bits per heavy atom. The quantitative estimate of drug-likeness (QED) is 0.707. The first-order chi connectivity index (χ1) is 14.2. The first-order valence-corrected chi connectivity index (χ1v) is 11.8. The molecule has 6 nitrogen and oxygen atoms in total. The summed E-state index contributed by atoms with van der Waals surface area (Å²) < 4.78 is 33.0. The van der Waals surface area contributed by atoms with Crippen molar-refractivity contribution in [1.29, 1.82) is 0 Å². The number of aryl methyl sites for hydroxylation is 2. The molecule has 162 valence electrons. The summed E-state index contributed by atoms with van der Waals surface area (Å²) in [6.07, 6.45) is 1.27. The number of nitrogens with zero attached hydrogens (tertiary/aromatic N) is 1. The Morgan fingerprint density at radius 1 is 1.20 bits per heavy atom. The first kappa shape index (κ1) is 22.6. The Bertz CT molecular complexity index is 1020. The second-order valence-electron chi connectivity index (χ2n) is 7.59. The largest absolute Gasteiger partial charge is 0.492 e. The van der Waals surface area contributed by atoms with E-state index in [2.05, 4.69) is 5.32 Å². The predicted octanol–water partition coefficient (Wildman–Crippen LogP) is 4.39. The maximum absolute atomic E-state index is 13.1. The van der Waals surface area contributed by atoms with Crippen LogP contribution in [0.25, 0.3) is 0 Å². The van der Waals surface area contributed by atoms with Crippen molar-refractivity contribution in [2.45, 2.75) is 38.5 Å². The van der Waals surface area contributed by atoms with Crippen molar-refractivity contribution >= 4 is 33.2 Å². The van der Waals surface area contributed by atoms with Gasteiger partial charge in [-0.2, -0.15) is 4.31 Å². The minimum Gasteiger partial charge on any atom is -0.492 e. The molecule has 2 aromatic carbocycles. The summed E-state index contributed by atoms with van der Waals surface area (Å²) in [5, 5.41) is 3.19. The summed E-state index contributed by atoms with van der Waals surface area (Å²) >= 11 is 6.18. The Kier molecular flexibility index (Phi) is 7.06. The first-order valence-electron chi connectivity index (χ1n) is 10.0. The van der Waals surface area contributed by atoms with E-state index in [-0.39, 0.29) is 22.4 Å². The topological polar surface area (TPSA) is 75.7 Å². The SMILES string of the molecule is CCOc1ccc(S(=O)(=O)N2CCC[C@@H](C(=O)Nc3cc(C)cc(C)c3)C2)cc1Cl. The number of benzene rings is 2. The lowest BCUT2D eigenvalue weighted by Crippen LogP contribution is -2.43. The molecule has 1 saturated heterocycles. The second kappa shape index (κ2) is 9.37. The van der Waals surface area contributed by atoms with E-state index >= 15 is 0 Å². The minimum atomic E-state index is -3.76. The molecule has 1 heterocycles. The number of carbonyl (C=O) groups is 1. The van der Waals surface area contributed by atoms with E-state index in [1.807, 2.05) is 39.0 Å². The van der Waals surface area contributed by atoms with Crippen molar-refractivity contribution in [3.63, 3.8) is 0 Å². The Hall–Kier alpha value is -2.09. The lowest BCUT2D eigenvalue weighted by molar-refractivity contribution is -0.120. The third-order valence-corrected chi connectivity index (χ3v) is 7.24. The fourth-order valence-corrected chi connectivity index (χ4v) is 5.58. The van der Waals surface area contributed by atoms with Gasteiger partial charge in [-0.1, -0.05) is 17.7 Å². The minimum absolute atomic E-state index is 0.103. The highest BCUT2D eigenvalue weighted by molar-refractivity contribution is 7.89. The molecule has 0 bridgehead atoms. The van der Waals surface area contributed by atoms with Crippen molar-refractivity contribution in [3.05, 3.63) is 52.5 Å². The number of hydrogen-bond acceptors (Lipinski definition) is 4. The molecule has 0 saturated carbocycles. The molecule has 30 heavy (non-hydrogen) atoms. The number of rotatable bonds is 6. The second-order valence-corrected chi connectivity index (χ2v) is 9.94. The molecule has 1 atom stereocenters. The zero-order valence-electron chi connectivity index (χ0n) is 17.4. The number of anilines is 1. The van der Waals surface area contributed by atoms with Gasteiger partial charge in [0.25, 0.3) is 0 Å². The zero-order chi connectivity index (χ0) is 21.9. The number of halogens is 1. The maximum atomic E-state index is 13.1. The highest BCUT2D eigenvalue weighted by Crippen LogP contribution is 2.30. The number of piperidine rings is 1. The van der Waals surface area contributed by atoms with Crippen molar-refractivity contribution < 1.29 is 17.9 Å². The third-order valence-electron chi connectivity index (χ3n) is 5.09. The van der Waals surface area contributed by atoms with Crippen LogP contribution in [0.3, 0.4) is 0 Å². The van der Waals surface area contributed by atoms with E-state index in [0.29, 0.717) is 31.7 Å². The molecule has 1 aliphatic rings. The molecule has 0 aromatic heterocycles. The normalized spacial score (nSPS) is 17.5. The molecule has 3 rings (SSSR count). The summed E-state index contributed by atoms with van der Waals surface area (Å²) in [6, 6.07) is 10.3. The van der Waals surface area contributed by atoms with E-state index in [9.17, 15) is 13.2 Å². The molecule has 1 fully saturated rings. The van der Waals surface area contributed by atoms with E-state index in [1.165, 1.54) is 16.4 Å². The summed E-state index contributed by atoms with van der Waals surface area (Å²) in [6.45, 7) is 6.73. The predicted molar refractivity (Wildman–Crippen MR) is 119 cm³/mol. The van der Waals surface area contributed by atoms with Gasteiger partial charge in [-0.25, -0.2) is 8.42 Å². The lowest BCUT2D eigenvalue weighted by atomic mass is 9.98. The van der Waals surface area contributed by atoms with Gasteiger partial charge in [0.05, 0.1) is 22.4 Å². The van der Waals surface area contributed by atoms with Crippen molar-refractivity contribution in [2.75, 3.05) is 25.0 Å². The molecule has 0 unspecified atom stereocenters. The fourth-order valence-electron chi connectivity index (χ4n) is 3.73. The molecule has 0 spiro atoms. The molecule has 0 radical (unpaired) electrons. The van der Waals surface area contributed by atoms with Crippen LogP contribution in [0.1, 0.15) is 30.9 Å². The van der Waals surface area contributed by atoms with Crippen LogP contribution in [-0.2, 0) is 14.8 Å². The van der Waals surface area contributed by atoms with Gasteiger partial charge < -0.3 is 10.1 Å². The molecular weight excluding hydrogens is 424 g/mol. The van der Waals surface area contributed by atoms with Gasteiger partial charge in [0.1, 0.15) is 5.75 Å². The van der Waals surface area contributed by atoms with Crippen molar-refractivity contribution in [1.82, 2.24) is 4.31 Å². The van der Waals surface area contributed by atoms with Gasteiger partial charge in [0.15, 0.2) is 0 Å². The van der Waals surface area contributed by atoms with E-state index < -0.39 is 15.9 Å². The number of hydrogen-bond donors (Lipinski definition) is 1. The van der Waals surface area contributed by atoms with E-state index in [1.54, 1.807) is 6.07 Å². The third kappa shape index (κ3) is 5.14. The molecule has 1 aliphatic heterocycles. The summed E-state index contributed by atoms with van der Waals surface area (Å²) in [7, 11) is -3.76. The summed E-state index contributed by atoms with van der Waals surface area (Å²) in [5.41, 5.74) is 2.85. The van der Waals surface area contributed by atoms with Gasteiger partial charge in [-0.15, -0.1) is 0 Å². The van der Waals surface area contributed by atoms with Crippen LogP contribution in [-0.4, -0.2) is 38.3 Å². The molecular formula is C22H27ClN2O4S. The Morgan fingerprint density at radius 3 is 2.53 bits per heavy atom. The molecule has 8 heteroatoms. The summed E-state index contributed by atoms with van der Waals surface area (Å²) in [4.78, 5) is 12.9. The number of sulfonamides is 1. The molecule has 0 aliphatic carbocycles. The monoisotopic (exact) mass is 450 g/mol. The maximum Gasteiger partial charge on any atom is 0.243 e. The number of nitrogens with one attached hydrogen (secondary N) is 1. The van der Waals surface area contributed by atoms with Crippen LogP contribution in [0.2, 0.25) is 5.02 Å². The Labute approximate surface area is 183 Å². The molecule has 2 aromatic rings. The Balaban J connectivity index is 1.74. The molecule has 1 N–H and O–H groups in total. The lowest BCUT2D eigenvalue weighted by Gasteiger charge is -2.31. The van der Waals surface area contributed by atoms with Crippen molar-refractivity contribution in [2.24, 2.45) is 5.92 Å². The van der Waals surface area contributed by atoms with Crippen LogP contribution in [0.4, 0.5) is 5.69 Å². The smallest absolute Gasteiger partial charge is 0.243 e. The fraction of sp³-hybridized carbons (Fsp3) is 0.409. The average Bonchev–Trinajstić information content (AvgIpc) is 2.69.